The molecule has 6 nitrogen and oxygen atoms in total. The topological polar surface area (TPSA) is 65.5 Å². The number of hydrogen-bond acceptors (Lipinski definition) is 4. The van der Waals surface area contributed by atoms with E-state index in [1.807, 2.05) is 53.4 Å². The highest BCUT2D eigenvalue weighted by Gasteiger charge is 2.26. The highest BCUT2D eigenvalue weighted by molar-refractivity contribution is 6.09. The van der Waals surface area contributed by atoms with Crippen LogP contribution in [0.2, 0.25) is 0 Å². The third-order valence-electron chi connectivity index (χ3n) is 6.53. The van der Waals surface area contributed by atoms with Crippen LogP contribution in [-0.4, -0.2) is 36.4 Å². The summed E-state index contributed by atoms with van der Waals surface area (Å²) in [5.74, 6) is -0.0481. The molecule has 2 aliphatic rings. The summed E-state index contributed by atoms with van der Waals surface area (Å²) < 4.78 is 0. The van der Waals surface area contributed by atoms with Crippen LogP contribution in [0.15, 0.2) is 60.8 Å². The fourth-order valence-corrected chi connectivity index (χ4v) is 4.93. The molecule has 168 valence electrons. The van der Waals surface area contributed by atoms with Gasteiger partial charge in [-0.2, -0.15) is 0 Å². The zero-order valence-corrected chi connectivity index (χ0v) is 18.9. The maximum absolute atomic E-state index is 13.2. The van der Waals surface area contributed by atoms with E-state index < -0.39 is 0 Å². The maximum atomic E-state index is 13.2. The van der Waals surface area contributed by atoms with E-state index in [4.69, 9.17) is 0 Å². The highest BCUT2D eigenvalue weighted by atomic mass is 16.2. The van der Waals surface area contributed by atoms with E-state index in [1.54, 1.807) is 6.20 Å². The van der Waals surface area contributed by atoms with Crippen LogP contribution in [0.4, 0.5) is 17.1 Å². The summed E-state index contributed by atoms with van der Waals surface area (Å²) in [6, 6.07) is 17.4. The van der Waals surface area contributed by atoms with Crippen molar-refractivity contribution < 1.29 is 9.59 Å². The summed E-state index contributed by atoms with van der Waals surface area (Å²) >= 11 is 0. The van der Waals surface area contributed by atoms with E-state index in [-0.39, 0.29) is 18.2 Å². The van der Waals surface area contributed by atoms with Crippen molar-refractivity contribution in [2.75, 3.05) is 34.8 Å². The molecule has 3 heterocycles. The number of aromatic nitrogens is 1. The minimum absolute atomic E-state index is 0.0415. The van der Waals surface area contributed by atoms with E-state index >= 15 is 0 Å². The van der Waals surface area contributed by atoms with Crippen LogP contribution in [0, 0.1) is 0 Å². The third-order valence-corrected chi connectivity index (χ3v) is 6.53. The Morgan fingerprint density at radius 1 is 1.00 bits per heavy atom. The molecule has 1 N–H and O–H groups in total. The Kier molecular flexibility index (Phi) is 5.82. The number of aryl methyl sites for hydroxylation is 1. The Morgan fingerprint density at radius 3 is 2.73 bits per heavy atom. The van der Waals surface area contributed by atoms with Gasteiger partial charge in [0.25, 0.3) is 5.91 Å². The summed E-state index contributed by atoms with van der Waals surface area (Å²) in [4.78, 5) is 34.4. The largest absolute Gasteiger partial charge is 0.371 e. The minimum atomic E-state index is -0.0896. The number of nitrogens with zero attached hydrogens (tertiary/aromatic N) is 3. The van der Waals surface area contributed by atoms with E-state index in [9.17, 15) is 9.59 Å². The molecule has 0 aliphatic carbocycles. The van der Waals surface area contributed by atoms with Gasteiger partial charge in [0.1, 0.15) is 0 Å². The number of amides is 2. The molecule has 0 unspecified atom stereocenters. The molecule has 5 rings (SSSR count). The molecule has 6 heteroatoms. The second-order valence-electron chi connectivity index (χ2n) is 8.59. The molecule has 2 aliphatic heterocycles. The molecule has 0 bridgehead atoms. The van der Waals surface area contributed by atoms with Crippen LogP contribution in [0.5, 0.6) is 0 Å². The molecule has 2 aromatic carbocycles. The number of para-hydroxylation sites is 1. The molecule has 1 aromatic heterocycles. The van der Waals surface area contributed by atoms with Gasteiger partial charge in [0.2, 0.25) is 5.91 Å². The normalized spacial score (nSPS) is 14.6. The van der Waals surface area contributed by atoms with Crippen LogP contribution in [0.3, 0.4) is 0 Å². The van der Waals surface area contributed by atoms with Gasteiger partial charge >= 0.3 is 0 Å². The van der Waals surface area contributed by atoms with E-state index in [1.165, 1.54) is 5.56 Å². The first kappa shape index (κ1) is 21.2. The number of fused-ring (bicyclic) bond motifs is 2. The van der Waals surface area contributed by atoms with Gasteiger partial charge < -0.3 is 15.1 Å². The van der Waals surface area contributed by atoms with Crippen molar-refractivity contribution in [3.8, 4) is 0 Å². The number of carbonyl (C=O) groups excluding carboxylic acids is 2. The predicted octanol–water partition coefficient (Wildman–Crippen LogP) is 4.24. The number of benzene rings is 2. The third kappa shape index (κ3) is 4.21. The fraction of sp³-hybridized carbons (Fsp3) is 0.296. The van der Waals surface area contributed by atoms with Gasteiger partial charge in [-0.1, -0.05) is 18.2 Å². The minimum Gasteiger partial charge on any atom is -0.371 e. The second-order valence-corrected chi connectivity index (χ2v) is 8.59. The van der Waals surface area contributed by atoms with Crippen LogP contribution >= 0.6 is 0 Å². The van der Waals surface area contributed by atoms with Gasteiger partial charge in [-0.3, -0.25) is 14.6 Å². The zero-order chi connectivity index (χ0) is 22.8. The highest BCUT2D eigenvalue weighted by Crippen LogP contribution is 2.33. The van der Waals surface area contributed by atoms with Crippen molar-refractivity contribution in [1.29, 1.82) is 0 Å². The van der Waals surface area contributed by atoms with Gasteiger partial charge in [-0.05, 0) is 73.7 Å². The number of hydrogen-bond donors (Lipinski definition) is 1. The molecule has 0 saturated heterocycles. The molecule has 0 fully saturated rings. The molecule has 3 aromatic rings. The smallest absolute Gasteiger partial charge is 0.257 e. The summed E-state index contributed by atoms with van der Waals surface area (Å²) in [7, 11) is 0. The molecular formula is C27H28N4O2. The SMILES string of the molecule is CCN1CCCc2cccc(C(=O)Nc3ccc4c(c3)CCN4C(=O)Cc3ccccn3)c21. The molecular weight excluding hydrogens is 412 g/mol. The summed E-state index contributed by atoms with van der Waals surface area (Å²) in [6.45, 7) is 4.65. The quantitative estimate of drug-likeness (QED) is 0.645. The van der Waals surface area contributed by atoms with Crippen molar-refractivity contribution >= 4 is 28.9 Å². The first-order valence-electron chi connectivity index (χ1n) is 11.7. The predicted molar refractivity (Wildman–Crippen MR) is 131 cm³/mol. The van der Waals surface area contributed by atoms with Crippen molar-refractivity contribution in [1.82, 2.24) is 4.98 Å². The van der Waals surface area contributed by atoms with E-state index in [0.29, 0.717) is 6.54 Å². The molecule has 33 heavy (non-hydrogen) atoms. The molecule has 2 amide bonds. The lowest BCUT2D eigenvalue weighted by Crippen LogP contribution is -2.31. The fourth-order valence-electron chi connectivity index (χ4n) is 4.93. The monoisotopic (exact) mass is 440 g/mol. The lowest BCUT2D eigenvalue weighted by Gasteiger charge is -2.32. The number of anilines is 3. The van der Waals surface area contributed by atoms with Crippen molar-refractivity contribution in [3.63, 3.8) is 0 Å². The maximum Gasteiger partial charge on any atom is 0.257 e. The molecule has 0 radical (unpaired) electrons. The standard InChI is InChI=1S/C27H28N4O2/c1-2-30-15-6-8-19-7-5-10-23(26(19)30)27(33)29-22-11-12-24-20(17-22)13-16-31(24)25(32)18-21-9-3-4-14-28-21/h3-5,7,9-12,14,17H,2,6,8,13,15-16,18H2,1H3,(H,29,33). The summed E-state index contributed by atoms with van der Waals surface area (Å²) in [5.41, 5.74) is 6.56. The molecule has 0 spiro atoms. The van der Waals surface area contributed by atoms with Gasteiger partial charge in [0.15, 0.2) is 0 Å². The van der Waals surface area contributed by atoms with Crippen molar-refractivity contribution in [2.24, 2.45) is 0 Å². The number of carbonyl (C=O) groups is 2. The Labute approximate surface area is 194 Å². The summed E-state index contributed by atoms with van der Waals surface area (Å²) in [5, 5.41) is 3.09. The van der Waals surface area contributed by atoms with Crippen LogP contribution in [0.25, 0.3) is 0 Å². The summed E-state index contributed by atoms with van der Waals surface area (Å²) in [6.07, 6.45) is 4.89. The Morgan fingerprint density at radius 2 is 1.91 bits per heavy atom. The number of nitrogens with one attached hydrogen (secondary N) is 1. The van der Waals surface area contributed by atoms with Crippen molar-refractivity contribution in [3.05, 3.63) is 83.2 Å². The average Bonchev–Trinajstić information content (AvgIpc) is 3.27. The van der Waals surface area contributed by atoms with E-state index in [0.717, 1.165) is 66.2 Å². The Hall–Kier alpha value is -3.67. The van der Waals surface area contributed by atoms with Crippen LogP contribution in [0.1, 0.15) is 40.5 Å². The van der Waals surface area contributed by atoms with E-state index in [2.05, 4.69) is 28.2 Å². The second kappa shape index (κ2) is 9.06. The van der Waals surface area contributed by atoms with Gasteiger partial charge in [-0.15, -0.1) is 0 Å². The zero-order valence-electron chi connectivity index (χ0n) is 18.9. The lowest BCUT2D eigenvalue weighted by molar-refractivity contribution is -0.117. The van der Waals surface area contributed by atoms with Gasteiger partial charge in [0, 0.05) is 42.9 Å². The van der Waals surface area contributed by atoms with Crippen LogP contribution < -0.4 is 15.1 Å². The molecule has 0 saturated carbocycles. The van der Waals surface area contributed by atoms with Gasteiger partial charge in [0.05, 0.1) is 17.7 Å². The average molecular weight is 441 g/mol. The Bertz CT molecular complexity index is 1190. The number of rotatable bonds is 5. The first-order chi connectivity index (χ1) is 16.1. The van der Waals surface area contributed by atoms with Crippen LogP contribution in [-0.2, 0) is 24.1 Å². The first-order valence-corrected chi connectivity index (χ1v) is 11.7. The molecule has 0 atom stereocenters. The van der Waals surface area contributed by atoms with Crippen molar-refractivity contribution in [2.45, 2.75) is 32.6 Å². The lowest BCUT2D eigenvalue weighted by atomic mass is 9.97. The van der Waals surface area contributed by atoms with Gasteiger partial charge in [-0.25, -0.2) is 0 Å². The number of pyridine rings is 1. The Balaban J connectivity index is 1.33.